The molecule has 1 saturated heterocycles. The standard InChI is InChI=1S/C16H28N4O2S/c1-13-17-15(18-22-13)12-19(2)14-6-4-9-20(10-8-14)16(21)7-5-11-23-3/h14H,4-12H2,1-3H3. The van der Waals surface area contributed by atoms with Gasteiger partial charge in [-0.1, -0.05) is 5.16 Å². The van der Waals surface area contributed by atoms with Gasteiger partial charge in [-0.25, -0.2) is 0 Å². The third-order valence-electron chi connectivity index (χ3n) is 4.37. The summed E-state index contributed by atoms with van der Waals surface area (Å²) >= 11 is 1.80. The number of amides is 1. The van der Waals surface area contributed by atoms with E-state index in [0.717, 1.165) is 50.4 Å². The van der Waals surface area contributed by atoms with Gasteiger partial charge in [0, 0.05) is 32.5 Å². The maximum Gasteiger partial charge on any atom is 0.223 e. The van der Waals surface area contributed by atoms with E-state index in [0.29, 0.717) is 30.8 Å². The molecule has 0 bridgehead atoms. The van der Waals surface area contributed by atoms with Crippen molar-refractivity contribution in [3.63, 3.8) is 0 Å². The summed E-state index contributed by atoms with van der Waals surface area (Å²) in [4.78, 5) is 20.9. The molecule has 2 rings (SSSR count). The van der Waals surface area contributed by atoms with Crippen molar-refractivity contribution < 1.29 is 9.32 Å². The van der Waals surface area contributed by atoms with Crippen LogP contribution in [0.2, 0.25) is 0 Å². The van der Waals surface area contributed by atoms with Crippen LogP contribution in [-0.2, 0) is 11.3 Å². The summed E-state index contributed by atoms with van der Waals surface area (Å²) in [5, 5.41) is 3.96. The number of hydrogen-bond donors (Lipinski definition) is 0. The Morgan fingerprint density at radius 2 is 2.26 bits per heavy atom. The number of likely N-dealkylation sites (tertiary alicyclic amines) is 1. The molecule has 1 atom stereocenters. The van der Waals surface area contributed by atoms with Gasteiger partial charge >= 0.3 is 0 Å². The molecule has 0 spiro atoms. The average molecular weight is 340 g/mol. The van der Waals surface area contributed by atoms with Gasteiger partial charge in [-0.3, -0.25) is 9.69 Å². The van der Waals surface area contributed by atoms with Crippen LogP contribution in [0.5, 0.6) is 0 Å². The lowest BCUT2D eigenvalue weighted by Crippen LogP contribution is -2.35. The first kappa shape index (κ1) is 18.3. The summed E-state index contributed by atoms with van der Waals surface area (Å²) in [7, 11) is 2.10. The van der Waals surface area contributed by atoms with Crippen molar-refractivity contribution in [3.05, 3.63) is 11.7 Å². The van der Waals surface area contributed by atoms with E-state index in [1.54, 1.807) is 11.8 Å². The van der Waals surface area contributed by atoms with Gasteiger partial charge in [0.2, 0.25) is 11.8 Å². The number of aryl methyl sites for hydroxylation is 1. The molecule has 1 unspecified atom stereocenters. The van der Waals surface area contributed by atoms with Gasteiger partial charge in [-0.2, -0.15) is 16.7 Å². The molecule has 1 amide bonds. The van der Waals surface area contributed by atoms with Gasteiger partial charge in [-0.05, 0) is 44.7 Å². The first-order chi connectivity index (χ1) is 11.1. The largest absolute Gasteiger partial charge is 0.343 e. The first-order valence-corrected chi connectivity index (χ1v) is 9.75. The van der Waals surface area contributed by atoms with E-state index in [1.807, 2.05) is 11.8 Å². The zero-order valence-electron chi connectivity index (χ0n) is 14.5. The van der Waals surface area contributed by atoms with Gasteiger partial charge < -0.3 is 9.42 Å². The maximum atomic E-state index is 12.3. The molecule has 7 heteroatoms. The molecule has 23 heavy (non-hydrogen) atoms. The Kier molecular flexibility index (Phi) is 7.36. The second-order valence-electron chi connectivity index (χ2n) is 6.21. The number of nitrogens with zero attached hydrogens (tertiary/aromatic N) is 4. The smallest absolute Gasteiger partial charge is 0.223 e. The highest BCUT2D eigenvalue weighted by Crippen LogP contribution is 2.18. The van der Waals surface area contributed by atoms with Crippen LogP contribution in [0, 0.1) is 6.92 Å². The third kappa shape index (κ3) is 5.80. The second kappa shape index (κ2) is 9.27. The Hall–Kier alpha value is -1.08. The Morgan fingerprint density at radius 3 is 2.96 bits per heavy atom. The molecule has 0 radical (unpaired) electrons. The molecule has 0 saturated carbocycles. The van der Waals surface area contributed by atoms with Crippen LogP contribution in [0.15, 0.2) is 4.52 Å². The van der Waals surface area contributed by atoms with Gasteiger partial charge in [-0.15, -0.1) is 0 Å². The lowest BCUT2D eigenvalue weighted by molar-refractivity contribution is -0.131. The van der Waals surface area contributed by atoms with Crippen molar-refractivity contribution in [2.24, 2.45) is 0 Å². The van der Waals surface area contributed by atoms with E-state index in [4.69, 9.17) is 4.52 Å². The lowest BCUT2D eigenvalue weighted by Gasteiger charge is -2.26. The van der Waals surface area contributed by atoms with E-state index < -0.39 is 0 Å². The topological polar surface area (TPSA) is 62.5 Å². The number of carbonyl (C=O) groups excluding carboxylic acids is 1. The number of thioether (sulfide) groups is 1. The molecule has 0 aromatic carbocycles. The number of carbonyl (C=O) groups is 1. The number of rotatable bonds is 7. The predicted molar refractivity (Wildman–Crippen MR) is 92.3 cm³/mol. The minimum atomic E-state index is 0.316. The van der Waals surface area contributed by atoms with Crippen molar-refractivity contribution in [1.29, 1.82) is 0 Å². The van der Waals surface area contributed by atoms with E-state index in [9.17, 15) is 4.79 Å². The van der Waals surface area contributed by atoms with E-state index in [-0.39, 0.29) is 0 Å². The van der Waals surface area contributed by atoms with Gasteiger partial charge in [0.1, 0.15) is 0 Å². The summed E-state index contributed by atoms with van der Waals surface area (Å²) < 4.78 is 5.03. The molecular weight excluding hydrogens is 312 g/mol. The van der Waals surface area contributed by atoms with Crippen LogP contribution in [0.25, 0.3) is 0 Å². The van der Waals surface area contributed by atoms with Crippen molar-refractivity contribution in [2.75, 3.05) is 32.1 Å². The minimum absolute atomic E-state index is 0.316. The average Bonchev–Trinajstić information content (AvgIpc) is 2.79. The summed E-state index contributed by atoms with van der Waals surface area (Å²) in [6.45, 7) is 4.26. The fraction of sp³-hybridized carbons (Fsp3) is 0.812. The van der Waals surface area contributed by atoms with Gasteiger partial charge in [0.05, 0.1) is 6.54 Å². The Balaban J connectivity index is 1.79. The fourth-order valence-electron chi connectivity index (χ4n) is 3.05. The van der Waals surface area contributed by atoms with E-state index in [1.165, 1.54) is 0 Å². The summed E-state index contributed by atoms with van der Waals surface area (Å²) in [6, 6.07) is 0.470. The number of aromatic nitrogens is 2. The molecule has 6 nitrogen and oxygen atoms in total. The van der Waals surface area contributed by atoms with Crippen LogP contribution >= 0.6 is 11.8 Å². The molecule has 130 valence electrons. The quantitative estimate of drug-likeness (QED) is 0.710. The number of hydrogen-bond acceptors (Lipinski definition) is 6. The van der Waals surface area contributed by atoms with Crippen LogP contribution in [0.3, 0.4) is 0 Å². The van der Waals surface area contributed by atoms with Crippen LogP contribution in [0.1, 0.15) is 43.8 Å². The third-order valence-corrected chi connectivity index (χ3v) is 5.07. The molecule has 0 aliphatic carbocycles. The minimum Gasteiger partial charge on any atom is -0.343 e. The van der Waals surface area contributed by atoms with Gasteiger partial charge in [0.15, 0.2) is 5.82 Å². The van der Waals surface area contributed by atoms with Crippen LogP contribution in [-0.4, -0.2) is 64.0 Å². The normalized spacial score (nSPS) is 19.1. The van der Waals surface area contributed by atoms with Gasteiger partial charge in [0.25, 0.3) is 0 Å². The van der Waals surface area contributed by atoms with Crippen LogP contribution in [0.4, 0.5) is 0 Å². The highest BCUT2D eigenvalue weighted by Gasteiger charge is 2.23. The van der Waals surface area contributed by atoms with Crippen LogP contribution < -0.4 is 0 Å². The zero-order valence-corrected chi connectivity index (χ0v) is 15.3. The van der Waals surface area contributed by atoms with Crippen molar-refractivity contribution in [1.82, 2.24) is 19.9 Å². The molecular formula is C16H28N4O2S. The summed E-state index contributed by atoms with van der Waals surface area (Å²) in [5.74, 6) is 2.72. The van der Waals surface area contributed by atoms with E-state index in [2.05, 4.69) is 28.3 Å². The van der Waals surface area contributed by atoms with E-state index >= 15 is 0 Å². The Labute approximate surface area is 143 Å². The van der Waals surface area contributed by atoms with Crippen molar-refractivity contribution in [2.45, 2.75) is 51.6 Å². The summed E-state index contributed by atoms with van der Waals surface area (Å²) in [6.07, 6.45) is 6.95. The molecule has 1 aliphatic rings. The predicted octanol–water partition coefficient (Wildman–Crippen LogP) is 2.33. The maximum absolute atomic E-state index is 12.3. The van der Waals surface area contributed by atoms with Crippen molar-refractivity contribution >= 4 is 17.7 Å². The molecule has 1 aliphatic heterocycles. The highest BCUT2D eigenvalue weighted by atomic mass is 32.2. The first-order valence-electron chi connectivity index (χ1n) is 8.36. The summed E-state index contributed by atoms with van der Waals surface area (Å²) in [5.41, 5.74) is 0. The lowest BCUT2D eigenvalue weighted by atomic mass is 10.1. The highest BCUT2D eigenvalue weighted by molar-refractivity contribution is 7.98. The second-order valence-corrected chi connectivity index (χ2v) is 7.19. The molecule has 0 N–H and O–H groups in total. The zero-order chi connectivity index (χ0) is 16.7. The Morgan fingerprint density at radius 1 is 1.43 bits per heavy atom. The Bertz CT molecular complexity index is 494. The fourth-order valence-corrected chi connectivity index (χ4v) is 3.49. The van der Waals surface area contributed by atoms with Crippen molar-refractivity contribution in [3.8, 4) is 0 Å². The monoisotopic (exact) mass is 340 g/mol. The SMILES string of the molecule is CSCCCC(=O)N1CCCC(N(C)Cc2noc(C)n2)CC1. The molecule has 1 aromatic heterocycles. The molecule has 1 aromatic rings. The molecule has 1 fully saturated rings. The molecule has 2 heterocycles.